The molecule has 0 unspecified atom stereocenters. The topological polar surface area (TPSA) is 103 Å². The van der Waals surface area contributed by atoms with Crippen LogP contribution in [-0.2, 0) is 9.53 Å². The number of benzene rings is 1. The first-order valence-electron chi connectivity index (χ1n) is 14.1. The van der Waals surface area contributed by atoms with Gasteiger partial charge in [-0.15, -0.1) is 0 Å². The van der Waals surface area contributed by atoms with Crippen LogP contribution in [0.15, 0.2) is 30.3 Å². The largest absolute Gasteiger partial charge is 0.465 e. The van der Waals surface area contributed by atoms with Crippen molar-refractivity contribution in [2.24, 2.45) is 5.41 Å². The molecule has 2 saturated heterocycles. The third-order valence-corrected chi connectivity index (χ3v) is 8.49. The van der Waals surface area contributed by atoms with Gasteiger partial charge in [0.25, 0.3) is 0 Å². The second-order valence-electron chi connectivity index (χ2n) is 11.0. The van der Waals surface area contributed by atoms with Crippen molar-refractivity contribution in [1.82, 2.24) is 15.3 Å². The number of anilines is 2. The fourth-order valence-corrected chi connectivity index (χ4v) is 6.29. The molecule has 12 heteroatoms. The van der Waals surface area contributed by atoms with Crippen LogP contribution in [0.2, 0.25) is 5.02 Å². The smallest absolute Gasteiger partial charge is 0.429 e. The van der Waals surface area contributed by atoms with Gasteiger partial charge in [0.05, 0.1) is 6.61 Å². The maximum atomic E-state index is 14.5. The van der Waals surface area contributed by atoms with Crippen LogP contribution in [0.4, 0.5) is 24.9 Å². The van der Waals surface area contributed by atoms with Gasteiger partial charge >= 0.3 is 12.1 Å². The monoisotopic (exact) mass is 593 g/mol. The molecule has 3 N–H and O–H groups in total. The van der Waals surface area contributed by atoms with Crippen LogP contribution >= 0.6 is 11.6 Å². The number of ether oxygens (including phenoxy) is 2. The van der Waals surface area contributed by atoms with Gasteiger partial charge in [0.2, 0.25) is 17.9 Å². The van der Waals surface area contributed by atoms with E-state index in [0.717, 1.165) is 37.7 Å². The van der Waals surface area contributed by atoms with Crippen LogP contribution in [-0.4, -0.2) is 54.4 Å². The molecule has 1 aromatic carbocycles. The highest BCUT2D eigenvalue weighted by Crippen LogP contribution is 2.43. The number of nitrogen functional groups attached to an aromatic ring is 1. The lowest BCUT2D eigenvalue weighted by atomic mass is 9.76. The normalized spacial score (nSPS) is 21.4. The highest BCUT2D eigenvalue weighted by Gasteiger charge is 2.46. The van der Waals surface area contributed by atoms with Crippen molar-refractivity contribution in [1.29, 1.82) is 0 Å². The van der Waals surface area contributed by atoms with Gasteiger partial charge in [-0.25, -0.2) is 0 Å². The Morgan fingerprint density at radius 3 is 2.71 bits per heavy atom. The number of alkyl halides is 3. The van der Waals surface area contributed by atoms with E-state index in [2.05, 4.69) is 15.3 Å². The molecule has 8 nitrogen and oxygen atoms in total. The third-order valence-electron chi connectivity index (χ3n) is 8.26. The van der Waals surface area contributed by atoms with E-state index in [1.54, 1.807) is 13.0 Å². The highest BCUT2D eigenvalue weighted by molar-refractivity contribution is 6.30. The molecule has 2 atom stereocenters. The molecular weight excluding hydrogens is 559 g/mol. The minimum absolute atomic E-state index is 0.0152. The van der Waals surface area contributed by atoms with Gasteiger partial charge in [0, 0.05) is 36.3 Å². The molecular formula is C29H35ClF3N5O3. The number of piperidine rings is 1. The Balaban J connectivity index is 1.35. The Morgan fingerprint density at radius 1 is 1.24 bits per heavy atom. The Bertz CT molecular complexity index is 1300. The quantitative estimate of drug-likeness (QED) is 0.385. The van der Waals surface area contributed by atoms with Crippen molar-refractivity contribution >= 4 is 34.9 Å². The molecule has 41 heavy (non-hydrogen) atoms. The second kappa shape index (κ2) is 12.1. The summed E-state index contributed by atoms with van der Waals surface area (Å²) in [4.78, 5) is 22.5. The summed E-state index contributed by atoms with van der Waals surface area (Å²) in [6.07, 6.45) is 0.622. The molecule has 2 aromatic rings. The molecule has 222 valence electrons. The fraction of sp³-hybridized carbons (Fsp3) is 0.552. The Kier molecular flexibility index (Phi) is 8.65. The summed E-state index contributed by atoms with van der Waals surface area (Å²) in [5.41, 5.74) is 7.16. The number of carbonyl (C=O) groups is 1. The first-order valence-corrected chi connectivity index (χ1v) is 14.5. The second-order valence-corrected chi connectivity index (χ2v) is 11.5. The molecule has 1 aromatic heterocycles. The van der Waals surface area contributed by atoms with Crippen molar-refractivity contribution in [3.05, 3.63) is 46.5 Å². The first kappa shape index (κ1) is 29.4. The lowest BCUT2D eigenvalue weighted by molar-refractivity contribution is -0.198. The van der Waals surface area contributed by atoms with Crippen LogP contribution in [0, 0.1) is 5.41 Å². The van der Waals surface area contributed by atoms with Crippen molar-refractivity contribution in [2.45, 2.75) is 70.2 Å². The van der Waals surface area contributed by atoms with E-state index in [9.17, 15) is 18.0 Å². The number of halogens is 4. The molecule has 0 radical (unpaired) electrons. The van der Waals surface area contributed by atoms with Gasteiger partial charge in [-0.1, -0.05) is 23.7 Å². The van der Waals surface area contributed by atoms with E-state index >= 15 is 0 Å². The number of rotatable bonds is 7. The number of nitrogens with two attached hydrogens (primary N) is 1. The number of allylic oxidation sites excluding steroid dienone is 2. The van der Waals surface area contributed by atoms with E-state index in [1.165, 1.54) is 18.2 Å². The van der Waals surface area contributed by atoms with E-state index in [0.29, 0.717) is 55.5 Å². The van der Waals surface area contributed by atoms with Crippen LogP contribution in [0.5, 0.6) is 5.88 Å². The lowest BCUT2D eigenvalue weighted by Gasteiger charge is -2.39. The minimum Gasteiger partial charge on any atom is -0.465 e. The summed E-state index contributed by atoms with van der Waals surface area (Å²) >= 11 is 6.21. The first-order chi connectivity index (χ1) is 19.6. The van der Waals surface area contributed by atoms with Crippen LogP contribution < -0.4 is 20.7 Å². The van der Waals surface area contributed by atoms with Crippen LogP contribution in [0.3, 0.4) is 0 Å². The van der Waals surface area contributed by atoms with Gasteiger partial charge in [0.1, 0.15) is 11.9 Å². The van der Waals surface area contributed by atoms with E-state index in [1.807, 2.05) is 11.0 Å². The lowest BCUT2D eigenvalue weighted by Crippen LogP contribution is -2.41. The standard InChI is InChI=1S/C29H35ClF3N5O3/c1-2-40-26(39)22-16-28(17-35-22)10-12-38(13-11-28)23-15-24(37-27(34)36-23)41-25(29(31,32)33)20-9-8-19(30)14-21(20)18-6-4-3-5-7-18/h6,8-9,14-15,22,25,35H,2-5,7,10-13,16-17H2,1H3,(H2,34,36,37)/t22-,25+/m0/s1. The highest BCUT2D eigenvalue weighted by atomic mass is 35.5. The molecule has 5 rings (SSSR count). The van der Waals surface area contributed by atoms with E-state index < -0.39 is 12.3 Å². The Morgan fingerprint density at radius 2 is 2.02 bits per heavy atom. The zero-order valence-corrected chi connectivity index (χ0v) is 23.7. The summed E-state index contributed by atoms with van der Waals surface area (Å²) in [6.45, 7) is 4.03. The van der Waals surface area contributed by atoms with E-state index in [-0.39, 0.29) is 34.8 Å². The summed E-state index contributed by atoms with van der Waals surface area (Å²) < 4.78 is 54.3. The average molecular weight is 594 g/mol. The summed E-state index contributed by atoms with van der Waals surface area (Å²) in [6, 6.07) is 5.48. The summed E-state index contributed by atoms with van der Waals surface area (Å²) in [5.74, 6) is -0.254. The van der Waals surface area contributed by atoms with Crippen molar-refractivity contribution in [3.8, 4) is 5.88 Å². The summed E-state index contributed by atoms with van der Waals surface area (Å²) in [7, 11) is 0. The number of aromatic nitrogens is 2. The predicted molar refractivity (Wildman–Crippen MR) is 151 cm³/mol. The molecule has 1 spiro atoms. The van der Waals surface area contributed by atoms with Gasteiger partial charge < -0.3 is 25.4 Å². The minimum atomic E-state index is -4.72. The number of hydrogen-bond donors (Lipinski definition) is 2. The molecule has 3 heterocycles. The molecule has 2 aliphatic heterocycles. The van der Waals surface area contributed by atoms with Crippen molar-refractivity contribution in [2.75, 3.05) is 36.9 Å². The predicted octanol–water partition coefficient (Wildman–Crippen LogP) is 5.86. The maximum Gasteiger partial charge on any atom is 0.429 e. The molecule has 0 bridgehead atoms. The maximum absolute atomic E-state index is 14.5. The molecule has 0 saturated carbocycles. The van der Waals surface area contributed by atoms with Crippen molar-refractivity contribution in [3.63, 3.8) is 0 Å². The van der Waals surface area contributed by atoms with Crippen LogP contribution in [0.25, 0.3) is 5.57 Å². The number of hydrogen-bond acceptors (Lipinski definition) is 8. The number of nitrogens with one attached hydrogen (secondary N) is 1. The number of carbonyl (C=O) groups excluding carboxylic acids is 1. The van der Waals surface area contributed by atoms with E-state index in [4.69, 9.17) is 26.8 Å². The number of esters is 1. The third kappa shape index (κ3) is 6.72. The van der Waals surface area contributed by atoms with Gasteiger partial charge in [-0.2, -0.15) is 23.1 Å². The van der Waals surface area contributed by atoms with Crippen LogP contribution in [0.1, 0.15) is 69.1 Å². The average Bonchev–Trinajstić information content (AvgIpc) is 3.35. The van der Waals surface area contributed by atoms with Crippen molar-refractivity contribution < 1.29 is 27.4 Å². The number of nitrogens with zero attached hydrogens (tertiary/aromatic N) is 3. The van der Waals surface area contributed by atoms with Gasteiger partial charge in [0.15, 0.2) is 0 Å². The zero-order valence-electron chi connectivity index (χ0n) is 23.0. The molecule has 1 aliphatic carbocycles. The molecule has 0 amide bonds. The fourth-order valence-electron chi connectivity index (χ4n) is 6.12. The summed E-state index contributed by atoms with van der Waals surface area (Å²) in [5, 5.41) is 3.64. The molecule has 3 aliphatic rings. The Hall–Kier alpha value is -3.05. The zero-order chi connectivity index (χ0) is 29.2. The van der Waals surface area contributed by atoms with Gasteiger partial charge in [-0.3, -0.25) is 4.79 Å². The SMILES string of the molecule is CCOC(=O)[C@@H]1CC2(CCN(c3cc(O[C@H](c4ccc(Cl)cc4C4=CCCCC4)C(F)(F)F)nc(N)n3)CC2)CN1. The Labute approximate surface area is 242 Å². The molecule has 2 fully saturated rings. The van der Waals surface area contributed by atoms with Gasteiger partial charge in [-0.05, 0) is 80.6 Å².